The number of likely N-dealkylation sites (N-methyl/N-ethyl adjacent to an activating group) is 1. The van der Waals surface area contributed by atoms with E-state index in [2.05, 4.69) is 52.3 Å². The number of hydrogen-bond acceptors (Lipinski definition) is 2. The monoisotopic (exact) mass is 341 g/mol. The Morgan fingerprint density at radius 3 is 2.79 bits per heavy atom. The van der Waals surface area contributed by atoms with Crippen molar-refractivity contribution in [2.24, 2.45) is 0 Å². The molecule has 102 valence electrons. The molecule has 0 aliphatic carbocycles. The van der Waals surface area contributed by atoms with Gasteiger partial charge < -0.3 is 0 Å². The van der Waals surface area contributed by atoms with E-state index in [9.17, 15) is 4.39 Å². The zero-order valence-electron chi connectivity index (χ0n) is 11.1. The predicted octanol–water partition coefficient (Wildman–Crippen LogP) is 4.71. The summed E-state index contributed by atoms with van der Waals surface area (Å²) in [7, 11) is 2.08. The van der Waals surface area contributed by atoms with Gasteiger partial charge in [-0.3, -0.25) is 4.90 Å². The molecule has 1 unspecified atom stereocenters. The maximum Gasteiger partial charge on any atom is 0.137 e. The van der Waals surface area contributed by atoms with E-state index < -0.39 is 0 Å². The van der Waals surface area contributed by atoms with Gasteiger partial charge in [-0.25, -0.2) is 4.39 Å². The summed E-state index contributed by atoms with van der Waals surface area (Å²) in [6.07, 6.45) is 1.03. The van der Waals surface area contributed by atoms with Crippen LogP contribution in [0.4, 0.5) is 4.39 Å². The topological polar surface area (TPSA) is 3.24 Å². The first-order valence-corrected chi connectivity index (χ1v) is 7.90. The van der Waals surface area contributed by atoms with Crippen molar-refractivity contribution in [1.82, 2.24) is 4.90 Å². The fourth-order valence-electron chi connectivity index (χ4n) is 1.97. The molecule has 2 rings (SSSR count). The average Bonchev–Trinajstić information content (AvgIpc) is 2.87. The fourth-order valence-corrected chi connectivity index (χ4v) is 3.19. The SMILES string of the molecule is CC(Cc1cccs1)N(C)Cc1cccc(F)c1Br. The molecule has 1 atom stereocenters. The molecule has 0 fully saturated rings. The zero-order chi connectivity index (χ0) is 13.8. The van der Waals surface area contributed by atoms with Gasteiger partial charge in [0.2, 0.25) is 0 Å². The smallest absolute Gasteiger partial charge is 0.137 e. The van der Waals surface area contributed by atoms with Gasteiger partial charge in [0.1, 0.15) is 5.82 Å². The van der Waals surface area contributed by atoms with Crippen molar-refractivity contribution in [2.75, 3.05) is 7.05 Å². The number of halogens is 2. The third kappa shape index (κ3) is 3.88. The average molecular weight is 342 g/mol. The van der Waals surface area contributed by atoms with Crippen molar-refractivity contribution in [3.8, 4) is 0 Å². The Morgan fingerprint density at radius 2 is 2.11 bits per heavy atom. The van der Waals surface area contributed by atoms with Crippen molar-refractivity contribution < 1.29 is 4.39 Å². The maximum atomic E-state index is 13.5. The lowest BCUT2D eigenvalue weighted by Crippen LogP contribution is -2.30. The third-order valence-corrected chi connectivity index (χ3v) is 5.07. The summed E-state index contributed by atoms with van der Waals surface area (Å²) >= 11 is 5.10. The van der Waals surface area contributed by atoms with Crippen molar-refractivity contribution >= 4 is 27.3 Å². The predicted molar refractivity (Wildman–Crippen MR) is 83.1 cm³/mol. The highest BCUT2D eigenvalue weighted by atomic mass is 79.9. The first-order valence-electron chi connectivity index (χ1n) is 6.23. The van der Waals surface area contributed by atoms with Crippen LogP contribution in [0.2, 0.25) is 0 Å². The Bertz CT molecular complexity index is 527. The second-order valence-corrected chi connectivity index (χ2v) is 6.59. The highest BCUT2D eigenvalue weighted by Gasteiger charge is 2.13. The minimum Gasteiger partial charge on any atom is -0.299 e. The van der Waals surface area contributed by atoms with E-state index in [1.54, 1.807) is 17.4 Å². The normalized spacial score (nSPS) is 12.9. The molecule has 0 aliphatic heterocycles. The van der Waals surface area contributed by atoms with E-state index in [1.165, 1.54) is 10.9 Å². The van der Waals surface area contributed by atoms with Crippen molar-refractivity contribution in [2.45, 2.75) is 25.9 Å². The summed E-state index contributed by atoms with van der Waals surface area (Å²) in [5.74, 6) is -0.197. The van der Waals surface area contributed by atoms with Crippen molar-refractivity contribution in [3.63, 3.8) is 0 Å². The van der Waals surface area contributed by atoms with Gasteiger partial charge in [-0.05, 0) is 59.4 Å². The molecule has 0 spiro atoms. The Balaban J connectivity index is 2.00. The lowest BCUT2D eigenvalue weighted by atomic mass is 10.1. The fraction of sp³-hybridized carbons (Fsp3) is 0.333. The van der Waals surface area contributed by atoms with Crippen LogP contribution in [0.25, 0.3) is 0 Å². The standard InChI is InChI=1S/C15H17BrFNS/c1-11(9-13-6-4-8-19-13)18(2)10-12-5-3-7-14(17)15(12)16/h3-8,11H,9-10H2,1-2H3. The lowest BCUT2D eigenvalue weighted by molar-refractivity contribution is 0.248. The molecule has 0 N–H and O–H groups in total. The van der Waals surface area contributed by atoms with Gasteiger partial charge in [-0.1, -0.05) is 18.2 Å². The van der Waals surface area contributed by atoms with Crippen LogP contribution in [0.15, 0.2) is 40.2 Å². The molecular formula is C15H17BrFNS. The Morgan fingerprint density at radius 1 is 1.32 bits per heavy atom. The van der Waals surface area contributed by atoms with Crippen LogP contribution in [-0.2, 0) is 13.0 Å². The minimum atomic E-state index is -0.197. The second-order valence-electron chi connectivity index (χ2n) is 4.76. The quantitative estimate of drug-likeness (QED) is 0.760. The Labute approximate surface area is 126 Å². The molecule has 0 saturated heterocycles. The molecule has 0 saturated carbocycles. The Kier molecular flexibility index (Phi) is 5.13. The molecule has 1 aromatic heterocycles. The molecule has 1 heterocycles. The molecule has 4 heteroatoms. The molecule has 2 aromatic rings. The summed E-state index contributed by atoms with van der Waals surface area (Å²) in [5, 5.41) is 2.10. The first-order chi connectivity index (χ1) is 9.08. The molecule has 1 nitrogen and oxygen atoms in total. The van der Waals surface area contributed by atoms with E-state index in [0.717, 1.165) is 18.5 Å². The van der Waals surface area contributed by atoms with E-state index in [1.807, 2.05) is 6.07 Å². The highest BCUT2D eigenvalue weighted by Crippen LogP contribution is 2.23. The van der Waals surface area contributed by atoms with Crippen LogP contribution in [0, 0.1) is 5.82 Å². The van der Waals surface area contributed by atoms with Gasteiger partial charge in [-0.2, -0.15) is 0 Å². The second kappa shape index (κ2) is 6.64. The van der Waals surface area contributed by atoms with Crippen LogP contribution in [0.1, 0.15) is 17.4 Å². The summed E-state index contributed by atoms with van der Waals surface area (Å²) in [6.45, 7) is 2.94. The Hall–Kier alpha value is -0.710. The van der Waals surface area contributed by atoms with Crippen LogP contribution < -0.4 is 0 Å². The van der Waals surface area contributed by atoms with Gasteiger partial charge in [0, 0.05) is 17.5 Å². The van der Waals surface area contributed by atoms with Crippen LogP contribution in [0.5, 0.6) is 0 Å². The summed E-state index contributed by atoms with van der Waals surface area (Å²) < 4.78 is 14.0. The molecule has 0 aliphatic rings. The number of benzene rings is 1. The molecule has 1 aromatic carbocycles. The van der Waals surface area contributed by atoms with Crippen LogP contribution >= 0.6 is 27.3 Å². The van der Waals surface area contributed by atoms with Crippen molar-refractivity contribution in [1.29, 1.82) is 0 Å². The van der Waals surface area contributed by atoms with Crippen molar-refractivity contribution in [3.05, 3.63) is 56.4 Å². The minimum absolute atomic E-state index is 0.197. The number of rotatable bonds is 5. The molecular weight excluding hydrogens is 325 g/mol. The number of hydrogen-bond donors (Lipinski definition) is 0. The van der Waals surface area contributed by atoms with E-state index >= 15 is 0 Å². The lowest BCUT2D eigenvalue weighted by Gasteiger charge is -2.25. The van der Waals surface area contributed by atoms with Crippen LogP contribution in [0.3, 0.4) is 0 Å². The van der Waals surface area contributed by atoms with E-state index in [0.29, 0.717) is 10.5 Å². The van der Waals surface area contributed by atoms with Crippen LogP contribution in [-0.4, -0.2) is 18.0 Å². The largest absolute Gasteiger partial charge is 0.299 e. The maximum absolute atomic E-state index is 13.5. The summed E-state index contributed by atoms with van der Waals surface area (Å²) in [4.78, 5) is 3.64. The van der Waals surface area contributed by atoms with Gasteiger partial charge in [0.05, 0.1) is 4.47 Å². The molecule has 0 amide bonds. The third-order valence-electron chi connectivity index (χ3n) is 3.28. The zero-order valence-corrected chi connectivity index (χ0v) is 13.5. The summed E-state index contributed by atoms with van der Waals surface area (Å²) in [5.41, 5.74) is 0.987. The molecule has 0 bridgehead atoms. The van der Waals surface area contributed by atoms with Gasteiger partial charge in [0.15, 0.2) is 0 Å². The number of thiophene rings is 1. The van der Waals surface area contributed by atoms with Gasteiger partial charge >= 0.3 is 0 Å². The van der Waals surface area contributed by atoms with Gasteiger partial charge in [-0.15, -0.1) is 11.3 Å². The highest BCUT2D eigenvalue weighted by molar-refractivity contribution is 9.10. The summed E-state index contributed by atoms with van der Waals surface area (Å²) in [6, 6.07) is 9.86. The number of nitrogens with zero attached hydrogens (tertiary/aromatic N) is 1. The molecule has 19 heavy (non-hydrogen) atoms. The van der Waals surface area contributed by atoms with E-state index in [-0.39, 0.29) is 5.82 Å². The molecule has 0 radical (unpaired) electrons. The van der Waals surface area contributed by atoms with Gasteiger partial charge in [0.25, 0.3) is 0 Å². The van der Waals surface area contributed by atoms with E-state index in [4.69, 9.17) is 0 Å². The first kappa shape index (κ1) is 14.7.